The summed E-state index contributed by atoms with van der Waals surface area (Å²) in [5, 5.41) is 4.66. The number of carbonyl (C=O) groups excluding carboxylic acids is 1. The molecule has 4 aromatic rings. The van der Waals surface area contributed by atoms with E-state index >= 15 is 0 Å². The highest BCUT2D eigenvalue weighted by Gasteiger charge is 2.23. The van der Waals surface area contributed by atoms with Crippen LogP contribution in [-0.4, -0.2) is 42.2 Å². The first-order valence-electron chi connectivity index (χ1n) is 9.90. The van der Waals surface area contributed by atoms with E-state index in [4.69, 9.17) is 0 Å². The van der Waals surface area contributed by atoms with Crippen molar-refractivity contribution in [2.24, 2.45) is 0 Å². The van der Waals surface area contributed by atoms with E-state index in [2.05, 4.69) is 39.3 Å². The van der Waals surface area contributed by atoms with Crippen LogP contribution in [0.25, 0.3) is 5.78 Å². The first-order chi connectivity index (χ1) is 14.7. The monoisotopic (exact) mass is 417 g/mol. The molecular formula is C23H23N5OS. The molecule has 2 aromatic carbocycles. The Balaban J connectivity index is 1.47. The second-order valence-corrected chi connectivity index (χ2v) is 8.31. The lowest BCUT2D eigenvalue weighted by molar-refractivity contribution is -0.130. The van der Waals surface area contributed by atoms with Crippen LogP contribution in [0.5, 0.6) is 0 Å². The molecule has 2 aromatic heterocycles. The summed E-state index contributed by atoms with van der Waals surface area (Å²) in [6, 6.07) is 22.1. The molecule has 152 valence electrons. The topological polar surface area (TPSA) is 63.4 Å². The van der Waals surface area contributed by atoms with Crippen LogP contribution < -0.4 is 0 Å². The molecule has 0 aliphatic heterocycles. The van der Waals surface area contributed by atoms with Crippen LogP contribution in [0.2, 0.25) is 0 Å². The van der Waals surface area contributed by atoms with Gasteiger partial charge >= 0.3 is 0 Å². The molecule has 0 N–H and O–H groups in total. The number of thioether (sulfide) groups is 1. The highest BCUT2D eigenvalue weighted by Crippen LogP contribution is 2.22. The molecule has 0 saturated heterocycles. The maximum atomic E-state index is 13.3. The summed E-state index contributed by atoms with van der Waals surface area (Å²) in [6.45, 7) is 3.15. The fourth-order valence-corrected chi connectivity index (χ4v) is 4.04. The van der Waals surface area contributed by atoms with Gasteiger partial charge in [-0.2, -0.15) is 4.98 Å². The Morgan fingerprint density at radius 1 is 1.03 bits per heavy atom. The number of benzene rings is 2. The van der Waals surface area contributed by atoms with Gasteiger partial charge in [-0.15, -0.1) is 5.10 Å². The van der Waals surface area contributed by atoms with Gasteiger partial charge < -0.3 is 4.90 Å². The number of hydrogen-bond acceptors (Lipinski definition) is 5. The van der Waals surface area contributed by atoms with Crippen molar-refractivity contribution >= 4 is 23.4 Å². The Morgan fingerprint density at radius 2 is 1.73 bits per heavy atom. The largest absolute Gasteiger partial charge is 0.337 e. The molecule has 0 saturated carbocycles. The van der Waals surface area contributed by atoms with Crippen LogP contribution in [0.1, 0.15) is 18.1 Å². The molecule has 30 heavy (non-hydrogen) atoms. The molecule has 0 radical (unpaired) electrons. The minimum Gasteiger partial charge on any atom is -0.337 e. The maximum Gasteiger partial charge on any atom is 0.253 e. The van der Waals surface area contributed by atoms with Gasteiger partial charge in [0, 0.05) is 25.5 Å². The summed E-state index contributed by atoms with van der Waals surface area (Å²) in [5.41, 5.74) is 2.34. The molecule has 0 spiro atoms. The molecular weight excluding hydrogens is 394 g/mol. The molecule has 0 aliphatic rings. The third-order valence-electron chi connectivity index (χ3n) is 4.77. The van der Waals surface area contributed by atoms with E-state index in [1.54, 1.807) is 23.0 Å². The van der Waals surface area contributed by atoms with Gasteiger partial charge in [-0.1, -0.05) is 72.4 Å². The van der Waals surface area contributed by atoms with Crippen molar-refractivity contribution in [2.45, 2.75) is 30.3 Å². The molecule has 0 fully saturated rings. The van der Waals surface area contributed by atoms with Crippen LogP contribution >= 0.6 is 11.8 Å². The summed E-state index contributed by atoms with van der Waals surface area (Å²) in [6.07, 6.45) is 4.29. The zero-order valence-electron chi connectivity index (χ0n) is 16.8. The standard InChI is InChI=1S/C23H23N5OS/c1-18(30-23-25-22-24-14-8-15-28(22)26-23)21(29)27(17-20-11-6-3-7-12-20)16-13-19-9-4-2-5-10-19/h2-12,14-15,18H,13,16-17H2,1H3/t18-/m0/s1. The summed E-state index contributed by atoms with van der Waals surface area (Å²) < 4.78 is 1.62. The minimum atomic E-state index is -0.304. The molecule has 0 aliphatic carbocycles. The summed E-state index contributed by atoms with van der Waals surface area (Å²) >= 11 is 1.36. The fourth-order valence-electron chi connectivity index (χ4n) is 3.21. The number of fused-ring (bicyclic) bond motifs is 1. The lowest BCUT2D eigenvalue weighted by atomic mass is 10.1. The van der Waals surface area contributed by atoms with Gasteiger partial charge in [0.2, 0.25) is 11.1 Å². The van der Waals surface area contributed by atoms with Crippen molar-refractivity contribution in [3.05, 3.63) is 90.3 Å². The molecule has 0 unspecified atom stereocenters. The third-order valence-corrected chi connectivity index (χ3v) is 5.71. The molecule has 2 heterocycles. The second-order valence-electron chi connectivity index (χ2n) is 7.00. The molecule has 0 bridgehead atoms. The van der Waals surface area contributed by atoms with Crippen molar-refractivity contribution in [3.63, 3.8) is 0 Å². The van der Waals surface area contributed by atoms with Crippen molar-refractivity contribution in [1.29, 1.82) is 0 Å². The molecule has 6 nitrogen and oxygen atoms in total. The van der Waals surface area contributed by atoms with Gasteiger partial charge in [-0.25, -0.2) is 9.50 Å². The van der Waals surface area contributed by atoms with Gasteiger partial charge in [0.25, 0.3) is 5.78 Å². The highest BCUT2D eigenvalue weighted by molar-refractivity contribution is 8.00. The van der Waals surface area contributed by atoms with E-state index in [-0.39, 0.29) is 11.2 Å². The van der Waals surface area contributed by atoms with E-state index in [1.807, 2.05) is 48.2 Å². The predicted molar refractivity (Wildman–Crippen MR) is 118 cm³/mol. The van der Waals surface area contributed by atoms with E-state index in [1.165, 1.54) is 17.3 Å². The maximum absolute atomic E-state index is 13.3. The van der Waals surface area contributed by atoms with Crippen molar-refractivity contribution in [1.82, 2.24) is 24.5 Å². The molecule has 1 atom stereocenters. The Morgan fingerprint density at radius 3 is 2.43 bits per heavy atom. The van der Waals surface area contributed by atoms with Gasteiger partial charge in [0.15, 0.2) is 0 Å². The number of aromatic nitrogens is 4. The first-order valence-corrected chi connectivity index (χ1v) is 10.8. The van der Waals surface area contributed by atoms with Crippen molar-refractivity contribution in [2.75, 3.05) is 6.54 Å². The van der Waals surface area contributed by atoms with Gasteiger partial charge in [-0.3, -0.25) is 4.79 Å². The lowest BCUT2D eigenvalue weighted by Crippen LogP contribution is -2.37. The first kappa shape index (κ1) is 20.1. The minimum absolute atomic E-state index is 0.0756. The van der Waals surface area contributed by atoms with E-state index < -0.39 is 0 Å². The van der Waals surface area contributed by atoms with Crippen LogP contribution in [0, 0.1) is 0 Å². The van der Waals surface area contributed by atoms with Gasteiger partial charge in [0.05, 0.1) is 5.25 Å². The quantitative estimate of drug-likeness (QED) is 0.407. The average molecular weight is 418 g/mol. The van der Waals surface area contributed by atoms with Crippen LogP contribution in [-0.2, 0) is 17.8 Å². The number of nitrogens with zero attached hydrogens (tertiary/aromatic N) is 5. The highest BCUT2D eigenvalue weighted by atomic mass is 32.2. The summed E-state index contributed by atoms with van der Waals surface area (Å²) in [5.74, 6) is 0.608. The average Bonchev–Trinajstić information content (AvgIpc) is 3.19. The summed E-state index contributed by atoms with van der Waals surface area (Å²) in [7, 11) is 0. The molecule has 4 rings (SSSR count). The second kappa shape index (κ2) is 9.54. The number of amides is 1. The molecule has 7 heteroatoms. The van der Waals surface area contributed by atoms with Gasteiger partial charge in [-0.05, 0) is 30.5 Å². The van der Waals surface area contributed by atoms with Crippen LogP contribution in [0.4, 0.5) is 0 Å². The Labute approximate surface area is 180 Å². The van der Waals surface area contributed by atoms with E-state index in [0.717, 1.165) is 12.0 Å². The fraction of sp³-hybridized carbons (Fsp3) is 0.217. The van der Waals surface area contributed by atoms with Crippen molar-refractivity contribution in [3.8, 4) is 0 Å². The predicted octanol–water partition coefficient (Wildman–Crippen LogP) is 3.88. The van der Waals surface area contributed by atoms with Crippen LogP contribution in [0.3, 0.4) is 0 Å². The van der Waals surface area contributed by atoms with Gasteiger partial charge in [0.1, 0.15) is 0 Å². The molecule has 1 amide bonds. The SMILES string of the molecule is C[C@H](Sc1nc2ncccn2n1)C(=O)N(CCc1ccccc1)Cc1ccccc1. The Hall–Kier alpha value is -3.19. The smallest absolute Gasteiger partial charge is 0.253 e. The zero-order valence-corrected chi connectivity index (χ0v) is 17.6. The summed E-state index contributed by atoms with van der Waals surface area (Å²) in [4.78, 5) is 23.8. The normalized spacial score (nSPS) is 12.0. The van der Waals surface area contributed by atoms with Crippen LogP contribution in [0.15, 0.2) is 84.3 Å². The number of hydrogen-bond donors (Lipinski definition) is 0. The Kier molecular flexibility index (Phi) is 6.39. The Bertz CT molecular complexity index is 1070. The number of carbonyl (C=O) groups is 1. The third kappa shape index (κ3) is 5.04. The van der Waals surface area contributed by atoms with E-state index in [9.17, 15) is 4.79 Å². The zero-order chi connectivity index (χ0) is 20.8. The number of rotatable bonds is 8. The van der Waals surface area contributed by atoms with E-state index in [0.29, 0.717) is 24.0 Å². The van der Waals surface area contributed by atoms with Crippen molar-refractivity contribution < 1.29 is 4.79 Å². The lowest BCUT2D eigenvalue weighted by Gasteiger charge is -2.25.